The molecule has 1 heterocycles. The quantitative estimate of drug-likeness (QED) is 0.679. The van der Waals surface area contributed by atoms with Crippen LogP contribution in [0.2, 0.25) is 0 Å². The summed E-state index contributed by atoms with van der Waals surface area (Å²) in [6.07, 6.45) is 6.26. The highest BCUT2D eigenvalue weighted by Gasteiger charge is 2.08. The standard InChI is InChI=1S/C18H25N3O3/c1-3-4-5-6-12-19-18(22)17-11-13-21(20-17)14-24-16-9-7-15(23-2)8-10-16/h7-11,13H,3-6,12,14H2,1-2H3,(H,19,22). The highest BCUT2D eigenvalue weighted by Crippen LogP contribution is 2.17. The van der Waals surface area contributed by atoms with E-state index in [0.29, 0.717) is 18.0 Å². The lowest BCUT2D eigenvalue weighted by Crippen LogP contribution is -2.25. The maximum atomic E-state index is 12.0. The second-order valence-corrected chi connectivity index (χ2v) is 5.51. The number of rotatable bonds is 10. The average Bonchev–Trinajstić information content (AvgIpc) is 3.09. The number of benzene rings is 1. The van der Waals surface area contributed by atoms with E-state index in [2.05, 4.69) is 17.3 Å². The molecular formula is C18H25N3O3. The number of carbonyl (C=O) groups is 1. The Balaban J connectivity index is 1.76. The Morgan fingerprint density at radius 3 is 2.58 bits per heavy atom. The molecule has 1 N–H and O–H groups in total. The van der Waals surface area contributed by atoms with Crippen LogP contribution in [0.5, 0.6) is 11.5 Å². The third-order valence-electron chi connectivity index (χ3n) is 3.61. The van der Waals surface area contributed by atoms with Gasteiger partial charge in [0.2, 0.25) is 0 Å². The third-order valence-corrected chi connectivity index (χ3v) is 3.61. The fourth-order valence-corrected chi connectivity index (χ4v) is 2.21. The van der Waals surface area contributed by atoms with E-state index in [1.54, 1.807) is 24.1 Å². The van der Waals surface area contributed by atoms with Gasteiger partial charge in [-0.1, -0.05) is 26.2 Å². The molecule has 0 aliphatic rings. The predicted molar refractivity (Wildman–Crippen MR) is 92.3 cm³/mol. The van der Waals surface area contributed by atoms with E-state index in [1.807, 2.05) is 24.3 Å². The Hall–Kier alpha value is -2.50. The van der Waals surface area contributed by atoms with Crippen LogP contribution >= 0.6 is 0 Å². The molecule has 2 aromatic rings. The Bertz CT molecular complexity index is 623. The predicted octanol–water partition coefficient (Wildman–Crippen LogP) is 3.24. The van der Waals surface area contributed by atoms with E-state index >= 15 is 0 Å². The minimum absolute atomic E-state index is 0.144. The fraction of sp³-hybridized carbons (Fsp3) is 0.444. The molecule has 1 aromatic carbocycles. The van der Waals surface area contributed by atoms with Gasteiger partial charge >= 0.3 is 0 Å². The first-order chi connectivity index (χ1) is 11.7. The van der Waals surface area contributed by atoms with E-state index in [4.69, 9.17) is 9.47 Å². The van der Waals surface area contributed by atoms with Crippen molar-refractivity contribution in [2.24, 2.45) is 0 Å². The first kappa shape index (κ1) is 17.8. The third kappa shape index (κ3) is 5.61. The van der Waals surface area contributed by atoms with Gasteiger partial charge in [-0.25, -0.2) is 4.68 Å². The average molecular weight is 331 g/mol. The van der Waals surface area contributed by atoms with Crippen LogP contribution in [0.3, 0.4) is 0 Å². The summed E-state index contributed by atoms with van der Waals surface area (Å²) in [5.41, 5.74) is 0.406. The second kappa shape index (κ2) is 9.60. The van der Waals surface area contributed by atoms with Crippen molar-refractivity contribution in [3.8, 4) is 11.5 Å². The molecule has 0 saturated heterocycles. The highest BCUT2D eigenvalue weighted by atomic mass is 16.5. The van der Waals surface area contributed by atoms with E-state index in [9.17, 15) is 4.79 Å². The second-order valence-electron chi connectivity index (χ2n) is 5.51. The summed E-state index contributed by atoms with van der Waals surface area (Å²) in [7, 11) is 1.62. The van der Waals surface area contributed by atoms with Gasteiger partial charge in [-0.15, -0.1) is 0 Å². The molecular weight excluding hydrogens is 306 g/mol. The van der Waals surface area contributed by atoms with Gasteiger partial charge in [-0.3, -0.25) is 4.79 Å². The smallest absolute Gasteiger partial charge is 0.271 e. The largest absolute Gasteiger partial charge is 0.497 e. The van der Waals surface area contributed by atoms with Gasteiger partial charge in [-0.2, -0.15) is 5.10 Å². The molecule has 0 spiro atoms. The summed E-state index contributed by atoms with van der Waals surface area (Å²) in [6, 6.07) is 9.00. The molecule has 6 nitrogen and oxygen atoms in total. The van der Waals surface area contributed by atoms with Crippen LogP contribution in [0, 0.1) is 0 Å². The summed E-state index contributed by atoms with van der Waals surface area (Å²) in [6.45, 7) is 3.10. The number of methoxy groups -OCH3 is 1. The van der Waals surface area contributed by atoms with Crippen LogP contribution in [0.4, 0.5) is 0 Å². The Kier molecular flexibility index (Phi) is 7.14. The maximum absolute atomic E-state index is 12.0. The van der Waals surface area contributed by atoms with Gasteiger partial charge in [-0.05, 0) is 36.8 Å². The fourth-order valence-electron chi connectivity index (χ4n) is 2.21. The molecule has 0 aliphatic heterocycles. The highest BCUT2D eigenvalue weighted by molar-refractivity contribution is 5.92. The number of unbranched alkanes of at least 4 members (excludes halogenated alkanes) is 3. The molecule has 130 valence electrons. The van der Waals surface area contributed by atoms with Gasteiger partial charge in [0.05, 0.1) is 7.11 Å². The summed E-state index contributed by atoms with van der Waals surface area (Å²) in [5, 5.41) is 7.12. The van der Waals surface area contributed by atoms with E-state index < -0.39 is 0 Å². The normalized spacial score (nSPS) is 10.4. The molecule has 0 atom stereocenters. The zero-order valence-corrected chi connectivity index (χ0v) is 14.3. The Morgan fingerprint density at radius 2 is 1.88 bits per heavy atom. The molecule has 2 rings (SSSR count). The molecule has 0 fully saturated rings. The van der Waals surface area contributed by atoms with Gasteiger partial charge in [0.1, 0.15) is 17.2 Å². The summed E-state index contributed by atoms with van der Waals surface area (Å²) in [4.78, 5) is 12.0. The maximum Gasteiger partial charge on any atom is 0.271 e. The molecule has 0 saturated carbocycles. The minimum Gasteiger partial charge on any atom is -0.497 e. The number of nitrogens with one attached hydrogen (secondary N) is 1. The summed E-state index contributed by atoms with van der Waals surface area (Å²) >= 11 is 0. The van der Waals surface area contributed by atoms with Crippen molar-refractivity contribution in [2.45, 2.75) is 39.3 Å². The number of hydrogen-bond acceptors (Lipinski definition) is 4. The number of hydrogen-bond donors (Lipinski definition) is 1. The lowest BCUT2D eigenvalue weighted by atomic mass is 10.2. The minimum atomic E-state index is -0.144. The van der Waals surface area contributed by atoms with Gasteiger partial charge in [0, 0.05) is 12.7 Å². The zero-order valence-electron chi connectivity index (χ0n) is 14.3. The van der Waals surface area contributed by atoms with Crippen molar-refractivity contribution in [2.75, 3.05) is 13.7 Å². The van der Waals surface area contributed by atoms with Crippen LogP contribution < -0.4 is 14.8 Å². The van der Waals surface area contributed by atoms with E-state index in [-0.39, 0.29) is 12.6 Å². The Labute approximate surface area is 142 Å². The van der Waals surface area contributed by atoms with Crippen LogP contribution in [0.15, 0.2) is 36.5 Å². The van der Waals surface area contributed by atoms with E-state index in [1.165, 1.54) is 12.8 Å². The number of amides is 1. The van der Waals surface area contributed by atoms with Crippen molar-refractivity contribution in [3.63, 3.8) is 0 Å². The number of ether oxygens (including phenoxy) is 2. The molecule has 0 radical (unpaired) electrons. The molecule has 1 aromatic heterocycles. The van der Waals surface area contributed by atoms with Crippen LogP contribution in [0.25, 0.3) is 0 Å². The van der Waals surface area contributed by atoms with Crippen LogP contribution in [-0.4, -0.2) is 29.3 Å². The van der Waals surface area contributed by atoms with Gasteiger partial charge < -0.3 is 14.8 Å². The van der Waals surface area contributed by atoms with Crippen molar-refractivity contribution >= 4 is 5.91 Å². The van der Waals surface area contributed by atoms with Gasteiger partial charge in [0.15, 0.2) is 6.73 Å². The first-order valence-electron chi connectivity index (χ1n) is 8.31. The summed E-state index contributed by atoms with van der Waals surface area (Å²) < 4.78 is 12.3. The lowest BCUT2D eigenvalue weighted by molar-refractivity contribution is 0.0946. The number of aromatic nitrogens is 2. The molecule has 1 amide bonds. The first-order valence-corrected chi connectivity index (χ1v) is 8.31. The van der Waals surface area contributed by atoms with E-state index in [0.717, 1.165) is 18.6 Å². The molecule has 0 bridgehead atoms. The topological polar surface area (TPSA) is 65.4 Å². The number of nitrogens with zero attached hydrogens (tertiary/aromatic N) is 2. The lowest BCUT2D eigenvalue weighted by Gasteiger charge is -2.07. The Morgan fingerprint density at radius 1 is 1.12 bits per heavy atom. The van der Waals surface area contributed by atoms with Gasteiger partial charge in [0.25, 0.3) is 5.91 Å². The molecule has 24 heavy (non-hydrogen) atoms. The van der Waals surface area contributed by atoms with Crippen LogP contribution in [0.1, 0.15) is 43.1 Å². The van der Waals surface area contributed by atoms with Crippen molar-refractivity contribution < 1.29 is 14.3 Å². The molecule has 6 heteroatoms. The zero-order chi connectivity index (χ0) is 17.2. The van der Waals surface area contributed by atoms with Crippen molar-refractivity contribution in [1.82, 2.24) is 15.1 Å². The number of carbonyl (C=O) groups excluding carboxylic acids is 1. The van der Waals surface area contributed by atoms with Crippen LogP contribution in [-0.2, 0) is 6.73 Å². The van der Waals surface area contributed by atoms with Crippen molar-refractivity contribution in [3.05, 3.63) is 42.2 Å². The van der Waals surface area contributed by atoms with Crippen molar-refractivity contribution in [1.29, 1.82) is 0 Å². The monoisotopic (exact) mass is 331 g/mol. The molecule has 0 aliphatic carbocycles. The summed E-state index contributed by atoms with van der Waals surface area (Å²) in [5.74, 6) is 1.35. The SMILES string of the molecule is CCCCCCNC(=O)c1ccn(COc2ccc(OC)cc2)n1. The molecule has 0 unspecified atom stereocenters.